The number of benzene rings is 1. The first kappa shape index (κ1) is 10.4. The maximum absolute atomic E-state index is 10.8. The first-order chi connectivity index (χ1) is 7.65. The minimum Gasteiger partial charge on any atom is -0.427 e. The van der Waals surface area contributed by atoms with E-state index < -0.39 is 0 Å². The fourth-order valence-corrected chi connectivity index (χ4v) is 1.34. The molecule has 0 aromatic heterocycles. The van der Waals surface area contributed by atoms with Crippen LogP contribution in [0.3, 0.4) is 0 Å². The van der Waals surface area contributed by atoms with Crippen LogP contribution in [0.5, 0.6) is 5.75 Å². The molecule has 0 amide bonds. The molecule has 82 valence electrons. The van der Waals surface area contributed by atoms with Gasteiger partial charge in [0, 0.05) is 12.5 Å². The topological polar surface area (TPSA) is 65.0 Å². The number of hydrogen-bond acceptors (Lipinski definition) is 5. The van der Waals surface area contributed by atoms with Crippen LogP contribution in [0.2, 0.25) is 0 Å². The third-order valence-electron chi connectivity index (χ3n) is 2.02. The van der Waals surface area contributed by atoms with Crippen molar-refractivity contribution < 1.29 is 19.2 Å². The molecule has 1 aromatic rings. The van der Waals surface area contributed by atoms with E-state index in [0.29, 0.717) is 11.5 Å². The summed E-state index contributed by atoms with van der Waals surface area (Å²) in [5.74, 6) is -0.273. The molecule has 16 heavy (non-hydrogen) atoms. The maximum atomic E-state index is 10.8. The van der Waals surface area contributed by atoms with Crippen molar-refractivity contribution in [2.24, 2.45) is 5.16 Å². The highest BCUT2D eigenvalue weighted by Crippen LogP contribution is 2.16. The molecule has 1 aromatic carbocycles. The summed E-state index contributed by atoms with van der Waals surface area (Å²) < 4.78 is 4.88. The van der Waals surface area contributed by atoms with Gasteiger partial charge in [0.1, 0.15) is 5.75 Å². The zero-order valence-electron chi connectivity index (χ0n) is 8.60. The molecule has 1 aliphatic rings. The number of hydrogen-bond donors (Lipinski definition) is 0. The Balaban J connectivity index is 2.13. The number of ether oxygens (including phenoxy) is 1. The number of carbonyl (C=O) groups is 2. The van der Waals surface area contributed by atoms with Gasteiger partial charge in [-0.15, -0.1) is 0 Å². The molecule has 0 spiro atoms. The highest BCUT2D eigenvalue weighted by Gasteiger charge is 2.18. The fourth-order valence-electron chi connectivity index (χ4n) is 1.34. The highest BCUT2D eigenvalue weighted by atomic mass is 16.7. The molecule has 0 atom stereocenters. The molecule has 1 aliphatic heterocycles. The Hall–Kier alpha value is -2.17. The van der Waals surface area contributed by atoms with Crippen molar-refractivity contribution in [1.29, 1.82) is 0 Å². The van der Waals surface area contributed by atoms with Crippen molar-refractivity contribution >= 4 is 17.7 Å². The van der Waals surface area contributed by atoms with E-state index in [2.05, 4.69) is 9.99 Å². The first-order valence-corrected chi connectivity index (χ1v) is 4.71. The zero-order valence-corrected chi connectivity index (χ0v) is 8.60. The number of nitrogens with zero attached hydrogens (tertiary/aromatic N) is 1. The van der Waals surface area contributed by atoms with E-state index in [9.17, 15) is 9.59 Å². The van der Waals surface area contributed by atoms with Gasteiger partial charge in [-0.2, -0.15) is 0 Å². The summed E-state index contributed by atoms with van der Waals surface area (Å²) in [5, 5.41) is 3.64. The van der Waals surface area contributed by atoms with E-state index in [0.717, 1.165) is 5.56 Å². The standard InChI is InChI=1S/C11H9NO4/c1-7(13)15-9-4-2-8(3-5-9)10-6-11(14)16-12-10/h2-5H,6H2,1H3. The van der Waals surface area contributed by atoms with Crippen LogP contribution in [0.25, 0.3) is 0 Å². The molecular formula is C11H9NO4. The first-order valence-electron chi connectivity index (χ1n) is 4.71. The minimum atomic E-state index is -0.371. The van der Waals surface area contributed by atoms with Crippen LogP contribution in [-0.4, -0.2) is 17.7 Å². The molecule has 0 saturated carbocycles. The average molecular weight is 219 g/mol. The van der Waals surface area contributed by atoms with Gasteiger partial charge in [0.2, 0.25) is 0 Å². The molecule has 5 nitrogen and oxygen atoms in total. The van der Waals surface area contributed by atoms with Gasteiger partial charge in [-0.05, 0) is 24.3 Å². The SMILES string of the molecule is CC(=O)Oc1ccc(C2=NOC(=O)C2)cc1. The summed E-state index contributed by atoms with van der Waals surface area (Å²) in [6.45, 7) is 1.33. The smallest absolute Gasteiger partial charge is 0.341 e. The van der Waals surface area contributed by atoms with Gasteiger partial charge in [0.25, 0.3) is 0 Å². The van der Waals surface area contributed by atoms with Gasteiger partial charge >= 0.3 is 11.9 Å². The highest BCUT2D eigenvalue weighted by molar-refractivity contribution is 6.11. The third-order valence-corrected chi connectivity index (χ3v) is 2.02. The third kappa shape index (κ3) is 2.25. The fraction of sp³-hybridized carbons (Fsp3) is 0.182. The second-order valence-electron chi connectivity index (χ2n) is 3.30. The number of rotatable bonds is 2. The minimum absolute atomic E-state index is 0.174. The number of oxime groups is 1. The monoisotopic (exact) mass is 219 g/mol. The van der Waals surface area contributed by atoms with Gasteiger partial charge in [-0.3, -0.25) is 4.79 Å². The van der Waals surface area contributed by atoms with Crippen LogP contribution >= 0.6 is 0 Å². The van der Waals surface area contributed by atoms with Crippen molar-refractivity contribution in [3.63, 3.8) is 0 Å². The van der Waals surface area contributed by atoms with Gasteiger partial charge < -0.3 is 9.57 Å². The maximum Gasteiger partial charge on any atom is 0.341 e. The lowest BCUT2D eigenvalue weighted by Crippen LogP contribution is -2.03. The summed E-state index contributed by atoms with van der Waals surface area (Å²) in [6.07, 6.45) is 0.174. The summed E-state index contributed by atoms with van der Waals surface area (Å²) in [6, 6.07) is 6.72. The average Bonchev–Trinajstić information content (AvgIpc) is 2.65. The van der Waals surface area contributed by atoms with Crippen LogP contribution < -0.4 is 4.74 Å². The second-order valence-corrected chi connectivity index (χ2v) is 3.30. The Morgan fingerprint density at radius 2 is 2.06 bits per heavy atom. The summed E-state index contributed by atoms with van der Waals surface area (Å²) in [4.78, 5) is 26.0. The van der Waals surface area contributed by atoms with E-state index in [1.54, 1.807) is 24.3 Å². The molecule has 2 rings (SSSR count). The quantitative estimate of drug-likeness (QED) is 0.426. The van der Waals surface area contributed by atoms with Crippen molar-refractivity contribution in [2.75, 3.05) is 0 Å². The molecule has 0 bridgehead atoms. The lowest BCUT2D eigenvalue weighted by molar-refractivity contribution is -0.140. The molecule has 5 heteroatoms. The molecule has 0 radical (unpaired) electrons. The van der Waals surface area contributed by atoms with Crippen LogP contribution in [0.1, 0.15) is 18.9 Å². The molecular weight excluding hydrogens is 210 g/mol. The van der Waals surface area contributed by atoms with E-state index in [4.69, 9.17) is 4.74 Å². The Labute approximate surface area is 91.6 Å². The lowest BCUT2D eigenvalue weighted by Gasteiger charge is -2.01. The van der Waals surface area contributed by atoms with Crippen molar-refractivity contribution in [3.05, 3.63) is 29.8 Å². The van der Waals surface area contributed by atoms with Crippen LogP contribution in [-0.2, 0) is 14.4 Å². The van der Waals surface area contributed by atoms with Crippen molar-refractivity contribution in [2.45, 2.75) is 13.3 Å². The van der Waals surface area contributed by atoms with E-state index in [1.165, 1.54) is 6.92 Å². The molecule has 0 aliphatic carbocycles. The predicted octanol–water partition coefficient (Wildman–Crippen LogP) is 1.26. The van der Waals surface area contributed by atoms with Crippen molar-refractivity contribution in [3.8, 4) is 5.75 Å². The van der Waals surface area contributed by atoms with Crippen LogP contribution in [0.15, 0.2) is 29.4 Å². The van der Waals surface area contributed by atoms with Gasteiger partial charge in [0.15, 0.2) is 0 Å². The van der Waals surface area contributed by atoms with E-state index in [-0.39, 0.29) is 18.4 Å². The predicted molar refractivity (Wildman–Crippen MR) is 55.0 cm³/mol. The van der Waals surface area contributed by atoms with Gasteiger partial charge in [-0.25, -0.2) is 4.79 Å². The lowest BCUT2D eigenvalue weighted by atomic mass is 10.1. The van der Waals surface area contributed by atoms with Gasteiger partial charge in [-0.1, -0.05) is 5.16 Å². The van der Waals surface area contributed by atoms with E-state index in [1.807, 2.05) is 0 Å². The molecule has 0 fully saturated rings. The van der Waals surface area contributed by atoms with Crippen LogP contribution in [0.4, 0.5) is 0 Å². The normalized spacial score (nSPS) is 14.3. The molecule has 0 saturated heterocycles. The van der Waals surface area contributed by atoms with Gasteiger partial charge in [0.05, 0.1) is 12.1 Å². The zero-order chi connectivity index (χ0) is 11.5. The number of esters is 1. The molecule has 0 unspecified atom stereocenters. The summed E-state index contributed by atoms with van der Waals surface area (Å²) in [5.41, 5.74) is 1.36. The molecule has 0 N–H and O–H groups in total. The summed E-state index contributed by atoms with van der Waals surface area (Å²) >= 11 is 0. The largest absolute Gasteiger partial charge is 0.427 e. The second kappa shape index (κ2) is 4.14. The van der Waals surface area contributed by atoms with Crippen LogP contribution in [0, 0.1) is 0 Å². The Bertz CT molecular complexity index is 461. The number of carbonyl (C=O) groups excluding carboxylic acids is 2. The molecule has 1 heterocycles. The Morgan fingerprint density at radius 1 is 1.38 bits per heavy atom. The van der Waals surface area contributed by atoms with E-state index >= 15 is 0 Å². The Morgan fingerprint density at radius 3 is 2.56 bits per heavy atom. The van der Waals surface area contributed by atoms with Crippen molar-refractivity contribution in [1.82, 2.24) is 0 Å². The summed E-state index contributed by atoms with van der Waals surface area (Å²) in [7, 11) is 0. The Kier molecular flexibility index (Phi) is 2.68.